The second kappa shape index (κ2) is 6.39. The van der Waals surface area contributed by atoms with Crippen LogP contribution in [0.5, 0.6) is 0 Å². The summed E-state index contributed by atoms with van der Waals surface area (Å²) >= 11 is 0. The number of piperidine rings is 1. The van der Waals surface area contributed by atoms with Gasteiger partial charge in [-0.1, -0.05) is 18.2 Å². The number of aromatic amines is 1. The number of H-pyrrole nitrogens is 1. The molecule has 0 bridgehead atoms. The summed E-state index contributed by atoms with van der Waals surface area (Å²) in [4.78, 5) is 18.3. The largest absolute Gasteiger partial charge is 0.497 e. The van der Waals surface area contributed by atoms with E-state index in [1.165, 1.54) is 23.8 Å². The molecule has 2 aromatic rings. The van der Waals surface area contributed by atoms with E-state index in [0.29, 0.717) is 5.57 Å². The van der Waals surface area contributed by atoms with Gasteiger partial charge in [0, 0.05) is 35.0 Å². The Morgan fingerprint density at radius 2 is 2.21 bits per heavy atom. The molecule has 0 radical (unpaired) electrons. The third-order valence-corrected chi connectivity index (χ3v) is 6.77. The molecule has 5 rings (SSSR count). The maximum Gasteiger partial charge on any atom is 0.337 e. The van der Waals surface area contributed by atoms with Crippen molar-refractivity contribution in [2.45, 2.75) is 38.0 Å². The van der Waals surface area contributed by atoms with Crippen molar-refractivity contribution >= 4 is 16.9 Å². The summed E-state index contributed by atoms with van der Waals surface area (Å²) in [7, 11) is 1.39. The highest BCUT2D eigenvalue weighted by Gasteiger charge is 2.52. The van der Waals surface area contributed by atoms with Gasteiger partial charge in [-0.15, -0.1) is 0 Å². The number of hydrogen-bond donors (Lipinski definition) is 1. The molecule has 144 valence electrons. The molecule has 6 nitrogen and oxygen atoms in total. The van der Waals surface area contributed by atoms with Gasteiger partial charge in [-0.3, -0.25) is 4.90 Å². The molecule has 0 saturated carbocycles. The number of esters is 1. The summed E-state index contributed by atoms with van der Waals surface area (Å²) in [6, 6.07) is 10.7. The van der Waals surface area contributed by atoms with Crippen molar-refractivity contribution in [2.75, 3.05) is 13.7 Å². The zero-order valence-corrected chi connectivity index (χ0v) is 16.0. The number of ether oxygens (including phenoxy) is 2. The first-order valence-electron chi connectivity index (χ1n) is 9.82. The minimum atomic E-state index is -0.361. The number of nitrogens with zero attached hydrogens (tertiary/aromatic N) is 2. The van der Waals surface area contributed by atoms with Crippen LogP contribution in [0.2, 0.25) is 0 Å². The van der Waals surface area contributed by atoms with Gasteiger partial charge in [0.2, 0.25) is 0 Å². The maximum atomic E-state index is 12.4. The topological polar surface area (TPSA) is 78.3 Å². The van der Waals surface area contributed by atoms with E-state index in [4.69, 9.17) is 9.47 Å². The Hall–Kier alpha value is -2.78. The van der Waals surface area contributed by atoms with Crippen LogP contribution in [0.4, 0.5) is 0 Å². The molecular weight excluding hydrogens is 354 g/mol. The van der Waals surface area contributed by atoms with Gasteiger partial charge in [0.1, 0.15) is 12.1 Å². The number of benzene rings is 1. The molecule has 4 heterocycles. The van der Waals surface area contributed by atoms with Gasteiger partial charge in [-0.25, -0.2) is 4.79 Å². The van der Waals surface area contributed by atoms with E-state index in [9.17, 15) is 10.1 Å². The van der Waals surface area contributed by atoms with Gasteiger partial charge in [0.25, 0.3) is 0 Å². The van der Waals surface area contributed by atoms with Gasteiger partial charge in [-0.05, 0) is 31.4 Å². The molecule has 6 heteroatoms. The molecule has 5 atom stereocenters. The molecular formula is C22H23N3O3. The molecule has 3 aliphatic heterocycles. The lowest BCUT2D eigenvalue weighted by atomic mass is 9.68. The third-order valence-electron chi connectivity index (χ3n) is 6.77. The lowest BCUT2D eigenvalue weighted by molar-refractivity contribution is -0.139. The van der Waals surface area contributed by atoms with Crippen molar-refractivity contribution in [2.24, 2.45) is 11.8 Å². The van der Waals surface area contributed by atoms with E-state index in [1.807, 2.05) is 13.0 Å². The van der Waals surface area contributed by atoms with Crippen LogP contribution < -0.4 is 0 Å². The molecule has 0 aliphatic carbocycles. The SMILES string of the molecule is COC(=O)C1=CO[C@H](C)[C@@H]2[C@@H]1C[C@H]1c3[nH]c4ccccc4c3CCN1[C@@H]2C#N. The van der Waals surface area contributed by atoms with Crippen molar-refractivity contribution in [3.63, 3.8) is 0 Å². The molecule has 28 heavy (non-hydrogen) atoms. The molecule has 3 aliphatic rings. The fourth-order valence-electron chi connectivity index (χ4n) is 5.52. The van der Waals surface area contributed by atoms with E-state index in [1.54, 1.807) is 6.26 Å². The van der Waals surface area contributed by atoms with E-state index in [2.05, 4.69) is 34.2 Å². The van der Waals surface area contributed by atoms with Crippen molar-refractivity contribution in [1.29, 1.82) is 5.26 Å². The zero-order valence-electron chi connectivity index (χ0n) is 16.0. The van der Waals surface area contributed by atoms with Gasteiger partial charge < -0.3 is 14.5 Å². The molecule has 1 fully saturated rings. The number of carbonyl (C=O) groups is 1. The van der Waals surface area contributed by atoms with Crippen LogP contribution in [-0.4, -0.2) is 41.7 Å². The Balaban J connectivity index is 1.62. The van der Waals surface area contributed by atoms with Crippen molar-refractivity contribution in [1.82, 2.24) is 9.88 Å². The number of aromatic nitrogens is 1. The minimum Gasteiger partial charge on any atom is -0.497 e. The van der Waals surface area contributed by atoms with Crippen molar-refractivity contribution in [3.8, 4) is 6.07 Å². The van der Waals surface area contributed by atoms with Crippen molar-refractivity contribution < 1.29 is 14.3 Å². The first-order valence-corrected chi connectivity index (χ1v) is 9.82. The summed E-state index contributed by atoms with van der Waals surface area (Å²) in [6.45, 7) is 2.83. The number of para-hydroxylation sites is 1. The molecule has 1 aromatic carbocycles. The summed E-state index contributed by atoms with van der Waals surface area (Å²) in [5.74, 6) is -0.467. The lowest BCUT2D eigenvalue weighted by Crippen LogP contribution is -2.57. The number of carbonyl (C=O) groups excluding carboxylic acids is 1. The highest BCUT2D eigenvalue weighted by Crippen LogP contribution is 2.50. The highest BCUT2D eigenvalue weighted by molar-refractivity contribution is 5.89. The van der Waals surface area contributed by atoms with Crippen LogP contribution in [0.25, 0.3) is 10.9 Å². The second-order valence-corrected chi connectivity index (χ2v) is 7.97. The molecule has 0 amide bonds. The number of rotatable bonds is 1. The van der Waals surface area contributed by atoms with Crippen LogP contribution in [-0.2, 0) is 20.7 Å². The fourth-order valence-corrected chi connectivity index (χ4v) is 5.52. The molecule has 0 spiro atoms. The molecule has 1 N–H and O–H groups in total. The Morgan fingerprint density at radius 3 is 3.00 bits per heavy atom. The predicted molar refractivity (Wildman–Crippen MR) is 103 cm³/mol. The minimum absolute atomic E-state index is 0.0497. The molecule has 1 aromatic heterocycles. The molecule has 1 saturated heterocycles. The van der Waals surface area contributed by atoms with E-state index in [0.717, 1.165) is 24.9 Å². The van der Waals surface area contributed by atoms with Crippen LogP contribution in [0.1, 0.15) is 30.6 Å². The monoisotopic (exact) mass is 377 g/mol. The van der Waals surface area contributed by atoms with Crippen LogP contribution in [0, 0.1) is 23.2 Å². The third kappa shape index (κ3) is 2.33. The Labute approximate surface area is 163 Å². The number of methoxy groups -OCH3 is 1. The Kier molecular flexibility index (Phi) is 3.95. The van der Waals surface area contributed by atoms with E-state index < -0.39 is 0 Å². The highest BCUT2D eigenvalue weighted by atomic mass is 16.5. The lowest BCUT2D eigenvalue weighted by Gasteiger charge is -2.51. The Bertz CT molecular complexity index is 1020. The summed E-state index contributed by atoms with van der Waals surface area (Å²) in [5, 5.41) is 11.3. The van der Waals surface area contributed by atoms with Gasteiger partial charge in [-0.2, -0.15) is 5.26 Å². The summed E-state index contributed by atoms with van der Waals surface area (Å²) in [5.41, 5.74) is 4.22. The van der Waals surface area contributed by atoms with Gasteiger partial charge >= 0.3 is 5.97 Å². The summed E-state index contributed by atoms with van der Waals surface area (Å²) in [6.07, 6.45) is 3.13. The van der Waals surface area contributed by atoms with Gasteiger partial charge in [0.15, 0.2) is 0 Å². The predicted octanol–water partition coefficient (Wildman–Crippen LogP) is 3.07. The van der Waals surface area contributed by atoms with Crippen molar-refractivity contribution in [3.05, 3.63) is 47.4 Å². The smallest absolute Gasteiger partial charge is 0.337 e. The zero-order chi connectivity index (χ0) is 19.4. The number of nitriles is 1. The first kappa shape index (κ1) is 17.3. The normalized spacial score (nSPS) is 31.6. The van der Waals surface area contributed by atoms with Crippen LogP contribution >= 0.6 is 0 Å². The standard InChI is InChI=1S/C22H23N3O3/c1-12-20-15(16(11-28-12)22(26)27-2)9-18-21-14(7-8-25(18)19(20)10-23)13-5-3-4-6-17(13)24-21/h3-6,11-12,15,18-20,24H,7-9H2,1-2H3/t12-,15-,18+,19-,20-/m1/s1. The fraction of sp³-hybridized carbons (Fsp3) is 0.455. The van der Waals surface area contributed by atoms with E-state index in [-0.39, 0.29) is 36.0 Å². The number of hydrogen-bond acceptors (Lipinski definition) is 5. The second-order valence-electron chi connectivity index (χ2n) is 7.97. The maximum absolute atomic E-state index is 12.4. The first-order chi connectivity index (χ1) is 13.6. The average molecular weight is 377 g/mol. The van der Waals surface area contributed by atoms with E-state index >= 15 is 0 Å². The summed E-state index contributed by atoms with van der Waals surface area (Å²) < 4.78 is 10.8. The average Bonchev–Trinajstić information content (AvgIpc) is 3.11. The number of fused-ring (bicyclic) bond motifs is 6. The van der Waals surface area contributed by atoms with Crippen LogP contribution in [0.15, 0.2) is 36.1 Å². The number of nitrogens with one attached hydrogen (secondary N) is 1. The Morgan fingerprint density at radius 1 is 1.39 bits per heavy atom. The quantitative estimate of drug-likeness (QED) is 0.773. The van der Waals surface area contributed by atoms with Crippen LogP contribution in [0.3, 0.4) is 0 Å². The molecule has 0 unspecified atom stereocenters. The van der Waals surface area contributed by atoms with Gasteiger partial charge in [0.05, 0.1) is 31.1 Å².